The summed E-state index contributed by atoms with van der Waals surface area (Å²) in [5.74, 6) is 1.15. The van der Waals surface area contributed by atoms with Crippen molar-refractivity contribution in [3.05, 3.63) is 17.3 Å². The summed E-state index contributed by atoms with van der Waals surface area (Å²) in [7, 11) is 3.28. The number of aryl methyl sites for hydroxylation is 1. The predicted octanol–water partition coefficient (Wildman–Crippen LogP) is 3.81. The first kappa shape index (κ1) is 19.2. The number of methoxy groups -OCH3 is 2. The van der Waals surface area contributed by atoms with Gasteiger partial charge >= 0.3 is 0 Å². The molecule has 1 aliphatic heterocycles. The maximum atomic E-state index is 5.48. The normalized spacial score (nSPS) is 18.3. The number of likely N-dealkylation sites (tertiary alicyclic amines) is 1. The zero-order valence-electron chi connectivity index (χ0n) is 17.5. The molecule has 1 N–H and O–H groups in total. The molecule has 0 radical (unpaired) electrons. The topological polar surface area (TPSA) is 59.5 Å². The van der Waals surface area contributed by atoms with E-state index in [1.54, 1.807) is 14.2 Å². The van der Waals surface area contributed by atoms with Crippen LogP contribution in [0.5, 0.6) is 11.6 Å². The van der Waals surface area contributed by atoms with Gasteiger partial charge < -0.3 is 19.7 Å². The van der Waals surface area contributed by atoms with E-state index in [1.165, 1.54) is 29.8 Å². The van der Waals surface area contributed by atoms with Crippen molar-refractivity contribution in [2.45, 2.75) is 64.5 Å². The van der Waals surface area contributed by atoms with Crippen LogP contribution in [0.2, 0.25) is 0 Å². The molecule has 6 nitrogen and oxygen atoms in total. The number of piperidine rings is 1. The van der Waals surface area contributed by atoms with Crippen LogP contribution in [0.1, 0.15) is 50.8 Å². The molecule has 0 spiro atoms. The molecule has 28 heavy (non-hydrogen) atoms. The summed E-state index contributed by atoms with van der Waals surface area (Å²) in [5.41, 5.74) is 5.54. The van der Waals surface area contributed by atoms with E-state index in [-0.39, 0.29) is 0 Å². The van der Waals surface area contributed by atoms with Gasteiger partial charge in [0.2, 0.25) is 0 Å². The van der Waals surface area contributed by atoms with Crippen molar-refractivity contribution in [3.8, 4) is 11.6 Å². The molecule has 6 heteroatoms. The highest BCUT2D eigenvalue weighted by molar-refractivity contribution is 5.91. The zero-order valence-corrected chi connectivity index (χ0v) is 17.5. The van der Waals surface area contributed by atoms with Gasteiger partial charge in [-0.3, -0.25) is 4.98 Å². The summed E-state index contributed by atoms with van der Waals surface area (Å²) >= 11 is 0. The number of ether oxygens (including phenoxy) is 2. The summed E-state index contributed by atoms with van der Waals surface area (Å²) in [6, 6.07) is 3.05. The van der Waals surface area contributed by atoms with E-state index >= 15 is 0 Å². The Morgan fingerprint density at radius 1 is 1.07 bits per heavy atom. The molecule has 0 unspecified atom stereocenters. The molecular formula is C22H32N4O2. The van der Waals surface area contributed by atoms with Gasteiger partial charge in [-0.2, -0.15) is 0 Å². The minimum Gasteiger partial charge on any atom is -0.491 e. The summed E-state index contributed by atoms with van der Waals surface area (Å²) in [6.45, 7) is 6.85. The second-order valence-corrected chi connectivity index (χ2v) is 8.24. The molecule has 1 aliphatic carbocycles. The smallest absolute Gasteiger partial charge is 0.257 e. The lowest BCUT2D eigenvalue weighted by Gasteiger charge is -2.36. The van der Waals surface area contributed by atoms with E-state index in [2.05, 4.69) is 24.1 Å². The third-order valence-corrected chi connectivity index (χ3v) is 6.19. The largest absolute Gasteiger partial charge is 0.491 e. The Morgan fingerprint density at radius 2 is 1.82 bits per heavy atom. The molecule has 1 saturated heterocycles. The Hall–Kier alpha value is -2.08. The standard InChI is InChI=1S/C22H32N4O2/c1-14(2)26-11-9-15(10-12-26)23-20-16-7-5-6-8-17(16)24-18-13-19(27-3)22(28-4)25-21(18)20/h13-15H,5-12H2,1-4H3,(H,23,24). The molecule has 3 heterocycles. The lowest BCUT2D eigenvalue weighted by Crippen LogP contribution is -2.42. The van der Waals surface area contributed by atoms with Crippen LogP contribution in [0.25, 0.3) is 11.0 Å². The van der Waals surface area contributed by atoms with Gasteiger partial charge in [-0.15, -0.1) is 0 Å². The molecule has 152 valence electrons. The van der Waals surface area contributed by atoms with Crippen molar-refractivity contribution in [1.82, 2.24) is 14.9 Å². The first-order chi connectivity index (χ1) is 13.6. The van der Waals surface area contributed by atoms with E-state index < -0.39 is 0 Å². The molecular weight excluding hydrogens is 352 g/mol. The molecule has 0 aromatic carbocycles. The monoisotopic (exact) mass is 384 g/mol. The quantitative estimate of drug-likeness (QED) is 0.846. The number of nitrogens with one attached hydrogen (secondary N) is 1. The molecule has 2 aromatic rings. The van der Waals surface area contributed by atoms with Gasteiger partial charge in [-0.25, -0.2) is 4.98 Å². The van der Waals surface area contributed by atoms with Crippen LogP contribution in [-0.2, 0) is 12.8 Å². The van der Waals surface area contributed by atoms with Crippen LogP contribution in [0.3, 0.4) is 0 Å². The average Bonchev–Trinajstić information content (AvgIpc) is 2.73. The van der Waals surface area contributed by atoms with E-state index in [1.807, 2.05) is 6.07 Å². The summed E-state index contributed by atoms with van der Waals surface area (Å²) < 4.78 is 10.9. The van der Waals surface area contributed by atoms with Crippen molar-refractivity contribution >= 4 is 16.7 Å². The highest BCUT2D eigenvalue weighted by Crippen LogP contribution is 2.37. The Balaban J connectivity index is 1.72. The van der Waals surface area contributed by atoms with Crippen molar-refractivity contribution in [1.29, 1.82) is 0 Å². The number of fused-ring (bicyclic) bond motifs is 2. The molecule has 0 bridgehead atoms. The second-order valence-electron chi connectivity index (χ2n) is 8.24. The van der Waals surface area contributed by atoms with E-state index in [0.717, 1.165) is 49.8 Å². The van der Waals surface area contributed by atoms with Crippen LogP contribution < -0.4 is 14.8 Å². The van der Waals surface area contributed by atoms with Crippen LogP contribution in [-0.4, -0.2) is 54.3 Å². The highest BCUT2D eigenvalue weighted by atomic mass is 16.5. The summed E-state index contributed by atoms with van der Waals surface area (Å²) in [5, 5.41) is 3.87. The Bertz CT molecular complexity index is 839. The molecule has 0 amide bonds. The van der Waals surface area contributed by atoms with Crippen molar-refractivity contribution in [3.63, 3.8) is 0 Å². The number of hydrogen-bond donors (Lipinski definition) is 1. The van der Waals surface area contributed by atoms with Crippen molar-refractivity contribution in [2.75, 3.05) is 32.6 Å². The number of anilines is 1. The minimum absolute atomic E-state index is 0.474. The lowest BCUT2D eigenvalue weighted by molar-refractivity contribution is 0.177. The molecule has 2 aromatic heterocycles. The van der Waals surface area contributed by atoms with Crippen LogP contribution in [0, 0.1) is 0 Å². The predicted molar refractivity (Wildman–Crippen MR) is 113 cm³/mol. The number of nitrogens with zero attached hydrogens (tertiary/aromatic N) is 3. The van der Waals surface area contributed by atoms with Gasteiger partial charge in [0.05, 0.1) is 25.4 Å². The fourth-order valence-corrected chi connectivity index (χ4v) is 4.52. The number of rotatable bonds is 5. The number of hydrogen-bond acceptors (Lipinski definition) is 6. The van der Waals surface area contributed by atoms with Gasteiger partial charge in [0.25, 0.3) is 5.88 Å². The molecule has 0 saturated carbocycles. The highest BCUT2D eigenvalue weighted by Gasteiger charge is 2.25. The Labute approximate surface area is 167 Å². The van der Waals surface area contributed by atoms with Crippen molar-refractivity contribution < 1.29 is 9.47 Å². The van der Waals surface area contributed by atoms with Crippen LogP contribution in [0.15, 0.2) is 6.07 Å². The van der Waals surface area contributed by atoms with Gasteiger partial charge in [0.15, 0.2) is 5.75 Å². The minimum atomic E-state index is 0.474. The zero-order chi connectivity index (χ0) is 19.7. The molecule has 4 rings (SSSR count). The van der Waals surface area contributed by atoms with Gasteiger partial charge in [0, 0.05) is 36.9 Å². The molecule has 0 atom stereocenters. The fourth-order valence-electron chi connectivity index (χ4n) is 4.52. The van der Waals surface area contributed by atoms with Gasteiger partial charge in [-0.05, 0) is 57.9 Å². The van der Waals surface area contributed by atoms with E-state index in [4.69, 9.17) is 19.4 Å². The fraction of sp³-hybridized carbons (Fsp3) is 0.636. The third-order valence-electron chi connectivity index (χ3n) is 6.19. The van der Waals surface area contributed by atoms with Gasteiger partial charge in [0.1, 0.15) is 5.52 Å². The van der Waals surface area contributed by atoms with E-state index in [0.29, 0.717) is 23.7 Å². The Morgan fingerprint density at radius 3 is 2.50 bits per heavy atom. The number of pyridine rings is 2. The first-order valence-electron chi connectivity index (χ1n) is 10.6. The van der Waals surface area contributed by atoms with Crippen LogP contribution >= 0.6 is 0 Å². The average molecular weight is 385 g/mol. The Kier molecular flexibility index (Phi) is 5.58. The maximum absolute atomic E-state index is 5.48. The maximum Gasteiger partial charge on any atom is 0.257 e. The number of aromatic nitrogens is 2. The SMILES string of the molecule is COc1cc2nc3c(c(NC4CCN(C(C)C)CC4)c2nc1OC)CCCC3. The van der Waals surface area contributed by atoms with Crippen molar-refractivity contribution in [2.24, 2.45) is 0 Å². The van der Waals surface area contributed by atoms with Gasteiger partial charge in [-0.1, -0.05) is 0 Å². The molecule has 2 aliphatic rings. The summed E-state index contributed by atoms with van der Waals surface area (Å²) in [6.07, 6.45) is 6.85. The van der Waals surface area contributed by atoms with Crippen LogP contribution in [0.4, 0.5) is 5.69 Å². The summed E-state index contributed by atoms with van der Waals surface area (Å²) in [4.78, 5) is 12.3. The lowest BCUT2D eigenvalue weighted by atomic mass is 9.93. The molecule has 1 fully saturated rings. The first-order valence-corrected chi connectivity index (χ1v) is 10.6. The van der Waals surface area contributed by atoms with E-state index in [9.17, 15) is 0 Å². The second kappa shape index (κ2) is 8.11. The third kappa shape index (κ3) is 3.62.